The van der Waals surface area contributed by atoms with Gasteiger partial charge >= 0.3 is 0 Å². The van der Waals surface area contributed by atoms with Crippen molar-refractivity contribution in [1.29, 1.82) is 0 Å². The summed E-state index contributed by atoms with van der Waals surface area (Å²) in [6.07, 6.45) is 2.74. The first kappa shape index (κ1) is 12.4. The molecule has 0 unspecified atom stereocenters. The smallest absolute Gasteiger partial charge is 0.0364 e. The van der Waals surface area contributed by atoms with Gasteiger partial charge in [-0.1, -0.05) is 26.0 Å². The molecule has 0 atom stereocenters. The van der Waals surface area contributed by atoms with E-state index in [9.17, 15) is 0 Å². The summed E-state index contributed by atoms with van der Waals surface area (Å²) in [7, 11) is 2.17. The third-order valence-corrected chi connectivity index (χ3v) is 3.46. The number of anilines is 1. The number of hydrogen-bond donors (Lipinski definition) is 1. The highest BCUT2D eigenvalue weighted by Crippen LogP contribution is 2.20. The Hall–Kier alpha value is -1.02. The average molecular weight is 232 g/mol. The van der Waals surface area contributed by atoms with E-state index in [1.807, 2.05) is 0 Å². The second-order valence-corrected chi connectivity index (χ2v) is 5.40. The number of nitrogens with zero attached hydrogens (tertiary/aromatic N) is 1. The molecule has 0 saturated heterocycles. The second-order valence-electron chi connectivity index (χ2n) is 5.40. The maximum atomic E-state index is 3.55. The molecule has 0 aromatic heterocycles. The van der Waals surface area contributed by atoms with Crippen molar-refractivity contribution in [3.05, 3.63) is 29.8 Å². The number of nitrogens with one attached hydrogen (secondary N) is 1. The molecule has 0 spiro atoms. The third-order valence-electron chi connectivity index (χ3n) is 3.46. The van der Waals surface area contributed by atoms with Crippen LogP contribution in [0.15, 0.2) is 24.3 Å². The Balaban J connectivity index is 1.82. The number of benzene rings is 1. The Kier molecular flexibility index (Phi) is 4.06. The molecule has 1 saturated carbocycles. The van der Waals surface area contributed by atoms with E-state index in [4.69, 9.17) is 0 Å². The van der Waals surface area contributed by atoms with Crippen LogP contribution >= 0.6 is 0 Å². The summed E-state index contributed by atoms with van der Waals surface area (Å²) in [6, 6.07) is 9.75. The molecule has 0 aliphatic heterocycles. The van der Waals surface area contributed by atoms with Gasteiger partial charge in [0.25, 0.3) is 0 Å². The molecular weight excluding hydrogens is 208 g/mol. The van der Waals surface area contributed by atoms with Gasteiger partial charge in [-0.15, -0.1) is 0 Å². The van der Waals surface area contributed by atoms with E-state index in [-0.39, 0.29) is 0 Å². The van der Waals surface area contributed by atoms with Crippen LogP contribution in [0.4, 0.5) is 5.69 Å². The minimum atomic E-state index is 0.617. The van der Waals surface area contributed by atoms with E-state index < -0.39 is 0 Å². The van der Waals surface area contributed by atoms with Gasteiger partial charge in [0, 0.05) is 31.9 Å². The van der Waals surface area contributed by atoms with Crippen LogP contribution in [0.3, 0.4) is 0 Å². The Morgan fingerprint density at radius 1 is 1.24 bits per heavy atom. The lowest BCUT2D eigenvalue weighted by molar-refractivity contribution is 0.675. The van der Waals surface area contributed by atoms with Crippen molar-refractivity contribution >= 4 is 5.69 Å². The molecule has 1 fully saturated rings. The topological polar surface area (TPSA) is 15.3 Å². The molecule has 0 amide bonds. The fraction of sp³-hybridized carbons (Fsp3) is 0.600. The minimum Gasteiger partial charge on any atom is -0.373 e. The molecule has 2 nitrogen and oxygen atoms in total. The van der Waals surface area contributed by atoms with Crippen molar-refractivity contribution in [1.82, 2.24) is 5.32 Å². The Bertz CT molecular complexity index is 338. The van der Waals surface area contributed by atoms with Gasteiger partial charge in [-0.05, 0) is 36.5 Å². The van der Waals surface area contributed by atoms with Crippen molar-refractivity contribution in [2.45, 2.75) is 38.6 Å². The molecule has 94 valence electrons. The summed E-state index contributed by atoms with van der Waals surface area (Å²) >= 11 is 0. The Labute approximate surface area is 105 Å². The van der Waals surface area contributed by atoms with Gasteiger partial charge in [0.1, 0.15) is 0 Å². The molecule has 0 heterocycles. The second kappa shape index (κ2) is 5.54. The predicted molar refractivity (Wildman–Crippen MR) is 74.8 cm³/mol. The molecule has 17 heavy (non-hydrogen) atoms. The summed E-state index contributed by atoms with van der Waals surface area (Å²) in [5.74, 6) is 0.617. The number of hydrogen-bond acceptors (Lipinski definition) is 2. The Morgan fingerprint density at radius 2 is 1.88 bits per heavy atom. The molecule has 0 radical (unpaired) electrons. The fourth-order valence-corrected chi connectivity index (χ4v) is 1.97. The van der Waals surface area contributed by atoms with Crippen LogP contribution in [0.1, 0.15) is 38.2 Å². The average Bonchev–Trinajstić information content (AvgIpc) is 3.13. The SMILES string of the molecule is CC(C)c1ccc(N(C)CCNC2CC2)cc1. The van der Waals surface area contributed by atoms with E-state index in [2.05, 4.69) is 55.4 Å². The molecule has 1 aromatic rings. The highest BCUT2D eigenvalue weighted by molar-refractivity contribution is 5.47. The number of likely N-dealkylation sites (N-methyl/N-ethyl adjacent to an activating group) is 1. The fourth-order valence-electron chi connectivity index (χ4n) is 1.97. The standard InChI is InChI=1S/C15H24N2/c1-12(2)13-4-8-15(9-5-13)17(3)11-10-16-14-6-7-14/h4-5,8-9,12,14,16H,6-7,10-11H2,1-3H3. The first-order chi connectivity index (χ1) is 8.16. The number of rotatable bonds is 6. The molecule has 2 rings (SSSR count). The summed E-state index contributed by atoms with van der Waals surface area (Å²) < 4.78 is 0. The first-order valence-corrected chi connectivity index (χ1v) is 6.71. The zero-order chi connectivity index (χ0) is 12.3. The highest BCUT2D eigenvalue weighted by atomic mass is 15.1. The highest BCUT2D eigenvalue weighted by Gasteiger charge is 2.19. The quantitative estimate of drug-likeness (QED) is 0.811. The van der Waals surface area contributed by atoms with Gasteiger partial charge < -0.3 is 10.2 Å². The summed E-state index contributed by atoms with van der Waals surface area (Å²) in [4.78, 5) is 2.32. The normalized spacial score (nSPS) is 15.3. The van der Waals surface area contributed by atoms with E-state index in [0.29, 0.717) is 5.92 Å². The third kappa shape index (κ3) is 3.74. The van der Waals surface area contributed by atoms with Gasteiger partial charge in [-0.25, -0.2) is 0 Å². The lowest BCUT2D eigenvalue weighted by Gasteiger charge is -2.20. The minimum absolute atomic E-state index is 0.617. The molecule has 1 aliphatic rings. The van der Waals surface area contributed by atoms with Gasteiger partial charge in [0.15, 0.2) is 0 Å². The van der Waals surface area contributed by atoms with Crippen LogP contribution in [-0.2, 0) is 0 Å². The predicted octanol–water partition coefficient (Wildman–Crippen LogP) is 3.00. The lowest BCUT2D eigenvalue weighted by atomic mass is 10.0. The van der Waals surface area contributed by atoms with E-state index >= 15 is 0 Å². The van der Waals surface area contributed by atoms with Crippen molar-refractivity contribution < 1.29 is 0 Å². The van der Waals surface area contributed by atoms with Crippen LogP contribution in [0.2, 0.25) is 0 Å². The largest absolute Gasteiger partial charge is 0.373 e. The van der Waals surface area contributed by atoms with Crippen molar-refractivity contribution in [3.63, 3.8) is 0 Å². The Morgan fingerprint density at radius 3 is 2.41 bits per heavy atom. The monoisotopic (exact) mass is 232 g/mol. The maximum Gasteiger partial charge on any atom is 0.0364 e. The van der Waals surface area contributed by atoms with E-state index in [1.165, 1.54) is 24.1 Å². The van der Waals surface area contributed by atoms with Crippen molar-refractivity contribution in [2.75, 3.05) is 25.0 Å². The van der Waals surface area contributed by atoms with Crippen molar-refractivity contribution in [2.24, 2.45) is 0 Å². The summed E-state index contributed by atoms with van der Waals surface area (Å²) in [5, 5.41) is 3.55. The van der Waals surface area contributed by atoms with Crippen LogP contribution < -0.4 is 10.2 Å². The molecule has 1 N–H and O–H groups in total. The van der Waals surface area contributed by atoms with Crippen LogP contribution in [0.25, 0.3) is 0 Å². The maximum absolute atomic E-state index is 3.55. The first-order valence-electron chi connectivity index (χ1n) is 6.71. The van der Waals surface area contributed by atoms with E-state index in [1.54, 1.807) is 0 Å². The summed E-state index contributed by atoms with van der Waals surface area (Å²) in [6.45, 7) is 6.64. The van der Waals surface area contributed by atoms with Gasteiger partial charge in [-0.3, -0.25) is 0 Å². The zero-order valence-corrected chi connectivity index (χ0v) is 11.2. The van der Waals surface area contributed by atoms with Crippen LogP contribution in [0.5, 0.6) is 0 Å². The molecule has 0 bridgehead atoms. The molecule has 2 heteroatoms. The van der Waals surface area contributed by atoms with Gasteiger partial charge in [0.2, 0.25) is 0 Å². The van der Waals surface area contributed by atoms with E-state index in [0.717, 1.165) is 19.1 Å². The van der Waals surface area contributed by atoms with Gasteiger partial charge in [-0.2, -0.15) is 0 Å². The summed E-state index contributed by atoms with van der Waals surface area (Å²) in [5.41, 5.74) is 2.73. The van der Waals surface area contributed by atoms with Crippen molar-refractivity contribution in [3.8, 4) is 0 Å². The zero-order valence-electron chi connectivity index (χ0n) is 11.2. The van der Waals surface area contributed by atoms with Crippen LogP contribution in [-0.4, -0.2) is 26.2 Å². The van der Waals surface area contributed by atoms with Gasteiger partial charge in [0.05, 0.1) is 0 Å². The lowest BCUT2D eigenvalue weighted by Crippen LogP contribution is -2.30. The molecule has 1 aliphatic carbocycles. The molecular formula is C15H24N2. The van der Waals surface area contributed by atoms with Crippen LogP contribution in [0, 0.1) is 0 Å². The molecule has 1 aromatic carbocycles.